The molecule has 0 saturated heterocycles. The number of benzene rings is 1. The average Bonchev–Trinajstić information content (AvgIpc) is 2.30. The van der Waals surface area contributed by atoms with Gasteiger partial charge in [0.2, 0.25) is 0 Å². The molecule has 0 bridgehead atoms. The SMILES string of the molecule is CCOc1ccc(CNC(C)C)cc1OCC. The highest BCUT2D eigenvalue weighted by molar-refractivity contribution is 5.43. The summed E-state index contributed by atoms with van der Waals surface area (Å²) in [7, 11) is 0. The molecule has 0 fully saturated rings. The Morgan fingerprint density at radius 3 is 2.29 bits per heavy atom. The Hall–Kier alpha value is -1.22. The minimum atomic E-state index is 0.483. The van der Waals surface area contributed by atoms with Crippen LogP contribution in [0.3, 0.4) is 0 Å². The largest absolute Gasteiger partial charge is 0.490 e. The smallest absolute Gasteiger partial charge is 0.161 e. The van der Waals surface area contributed by atoms with Gasteiger partial charge in [0, 0.05) is 12.6 Å². The Bertz CT molecular complexity index is 337. The minimum absolute atomic E-state index is 0.483. The molecule has 0 aliphatic carbocycles. The van der Waals surface area contributed by atoms with Gasteiger partial charge in [0.25, 0.3) is 0 Å². The van der Waals surface area contributed by atoms with Crippen molar-refractivity contribution < 1.29 is 9.47 Å². The van der Waals surface area contributed by atoms with Crippen LogP contribution in [-0.2, 0) is 6.54 Å². The zero-order valence-corrected chi connectivity index (χ0v) is 11.2. The van der Waals surface area contributed by atoms with Crippen molar-refractivity contribution in [3.63, 3.8) is 0 Å². The van der Waals surface area contributed by atoms with Gasteiger partial charge in [-0.05, 0) is 31.5 Å². The van der Waals surface area contributed by atoms with E-state index in [-0.39, 0.29) is 0 Å². The lowest BCUT2D eigenvalue weighted by Crippen LogP contribution is -2.21. The van der Waals surface area contributed by atoms with Crippen LogP contribution in [0.2, 0.25) is 0 Å². The van der Waals surface area contributed by atoms with Crippen molar-refractivity contribution in [1.82, 2.24) is 5.32 Å². The molecule has 1 N–H and O–H groups in total. The summed E-state index contributed by atoms with van der Waals surface area (Å²) in [5.41, 5.74) is 1.21. The highest BCUT2D eigenvalue weighted by Gasteiger charge is 2.06. The van der Waals surface area contributed by atoms with Crippen molar-refractivity contribution in [2.24, 2.45) is 0 Å². The fourth-order valence-corrected chi connectivity index (χ4v) is 1.53. The van der Waals surface area contributed by atoms with Gasteiger partial charge in [-0.25, -0.2) is 0 Å². The van der Waals surface area contributed by atoms with Crippen molar-refractivity contribution >= 4 is 0 Å². The summed E-state index contributed by atoms with van der Waals surface area (Å²) in [4.78, 5) is 0. The molecule has 1 aromatic carbocycles. The van der Waals surface area contributed by atoms with E-state index >= 15 is 0 Å². The van der Waals surface area contributed by atoms with E-state index in [0.717, 1.165) is 18.0 Å². The summed E-state index contributed by atoms with van der Waals surface area (Å²) in [6.07, 6.45) is 0. The van der Waals surface area contributed by atoms with E-state index in [0.29, 0.717) is 19.3 Å². The molecule has 0 aliphatic heterocycles. The Labute approximate surface area is 104 Å². The predicted molar refractivity (Wildman–Crippen MR) is 70.8 cm³/mol. The molecular weight excluding hydrogens is 214 g/mol. The molecule has 0 atom stereocenters. The van der Waals surface area contributed by atoms with Crippen molar-refractivity contribution in [2.45, 2.75) is 40.3 Å². The molecular formula is C14H23NO2. The lowest BCUT2D eigenvalue weighted by molar-refractivity contribution is 0.287. The van der Waals surface area contributed by atoms with Gasteiger partial charge in [0.15, 0.2) is 11.5 Å². The molecule has 0 saturated carbocycles. The standard InChI is InChI=1S/C14H23NO2/c1-5-16-13-8-7-12(10-15-11(3)4)9-14(13)17-6-2/h7-9,11,15H,5-6,10H2,1-4H3. The fourth-order valence-electron chi connectivity index (χ4n) is 1.53. The molecule has 96 valence electrons. The molecule has 0 radical (unpaired) electrons. The highest BCUT2D eigenvalue weighted by Crippen LogP contribution is 2.28. The molecule has 0 amide bonds. The summed E-state index contributed by atoms with van der Waals surface area (Å²) in [5.74, 6) is 1.65. The first-order valence-electron chi connectivity index (χ1n) is 6.29. The minimum Gasteiger partial charge on any atom is -0.490 e. The topological polar surface area (TPSA) is 30.5 Å². The monoisotopic (exact) mass is 237 g/mol. The molecule has 0 spiro atoms. The fraction of sp³-hybridized carbons (Fsp3) is 0.571. The zero-order valence-electron chi connectivity index (χ0n) is 11.2. The van der Waals surface area contributed by atoms with E-state index in [1.54, 1.807) is 0 Å². The van der Waals surface area contributed by atoms with Crippen LogP contribution in [0.5, 0.6) is 11.5 Å². The maximum absolute atomic E-state index is 5.58. The molecule has 0 unspecified atom stereocenters. The molecule has 0 aromatic heterocycles. The molecule has 1 aromatic rings. The second-order valence-electron chi connectivity index (χ2n) is 4.18. The summed E-state index contributed by atoms with van der Waals surface area (Å²) >= 11 is 0. The first-order valence-corrected chi connectivity index (χ1v) is 6.29. The van der Waals surface area contributed by atoms with Crippen molar-refractivity contribution in [3.05, 3.63) is 23.8 Å². The molecule has 1 rings (SSSR count). The number of ether oxygens (including phenoxy) is 2. The van der Waals surface area contributed by atoms with Gasteiger partial charge >= 0.3 is 0 Å². The average molecular weight is 237 g/mol. The van der Waals surface area contributed by atoms with Gasteiger partial charge in [-0.3, -0.25) is 0 Å². The Morgan fingerprint density at radius 1 is 1.06 bits per heavy atom. The quantitative estimate of drug-likeness (QED) is 0.791. The Kier molecular flexibility index (Phi) is 5.84. The third-order valence-electron chi connectivity index (χ3n) is 2.32. The van der Waals surface area contributed by atoms with Crippen LogP contribution >= 0.6 is 0 Å². The summed E-state index contributed by atoms with van der Waals surface area (Å²) in [6, 6.07) is 6.58. The zero-order chi connectivity index (χ0) is 12.7. The third kappa shape index (κ3) is 4.65. The van der Waals surface area contributed by atoms with Crippen LogP contribution in [0, 0.1) is 0 Å². The first-order chi connectivity index (χ1) is 8.17. The van der Waals surface area contributed by atoms with Gasteiger partial charge in [0.05, 0.1) is 13.2 Å². The van der Waals surface area contributed by atoms with Gasteiger partial charge in [-0.1, -0.05) is 19.9 Å². The summed E-state index contributed by atoms with van der Waals surface area (Å²) in [5, 5.41) is 3.39. The maximum Gasteiger partial charge on any atom is 0.161 e. The third-order valence-corrected chi connectivity index (χ3v) is 2.32. The number of hydrogen-bond donors (Lipinski definition) is 1. The van der Waals surface area contributed by atoms with E-state index in [4.69, 9.17) is 9.47 Å². The van der Waals surface area contributed by atoms with E-state index in [1.165, 1.54) is 5.56 Å². The molecule has 17 heavy (non-hydrogen) atoms. The van der Waals surface area contributed by atoms with Crippen LogP contribution < -0.4 is 14.8 Å². The van der Waals surface area contributed by atoms with Crippen LogP contribution in [-0.4, -0.2) is 19.3 Å². The first kappa shape index (κ1) is 13.8. The van der Waals surface area contributed by atoms with Crippen LogP contribution in [0.25, 0.3) is 0 Å². The van der Waals surface area contributed by atoms with Gasteiger partial charge in [-0.2, -0.15) is 0 Å². The number of hydrogen-bond acceptors (Lipinski definition) is 3. The molecule has 3 heteroatoms. The van der Waals surface area contributed by atoms with Gasteiger partial charge < -0.3 is 14.8 Å². The number of nitrogens with one attached hydrogen (secondary N) is 1. The number of rotatable bonds is 7. The molecule has 3 nitrogen and oxygen atoms in total. The van der Waals surface area contributed by atoms with Crippen molar-refractivity contribution in [3.8, 4) is 11.5 Å². The Morgan fingerprint density at radius 2 is 1.71 bits per heavy atom. The van der Waals surface area contributed by atoms with Crippen molar-refractivity contribution in [2.75, 3.05) is 13.2 Å². The van der Waals surface area contributed by atoms with E-state index < -0.39 is 0 Å². The predicted octanol–water partition coefficient (Wildman–Crippen LogP) is 2.98. The van der Waals surface area contributed by atoms with Gasteiger partial charge in [-0.15, -0.1) is 0 Å². The second-order valence-corrected chi connectivity index (χ2v) is 4.18. The second kappa shape index (κ2) is 7.17. The summed E-state index contributed by atoms with van der Waals surface area (Å²) in [6.45, 7) is 10.4. The van der Waals surface area contributed by atoms with Crippen LogP contribution in [0.4, 0.5) is 0 Å². The van der Waals surface area contributed by atoms with E-state index in [9.17, 15) is 0 Å². The van der Waals surface area contributed by atoms with E-state index in [1.807, 2.05) is 26.0 Å². The van der Waals surface area contributed by atoms with Crippen LogP contribution in [0.1, 0.15) is 33.3 Å². The van der Waals surface area contributed by atoms with Crippen molar-refractivity contribution in [1.29, 1.82) is 0 Å². The highest BCUT2D eigenvalue weighted by atomic mass is 16.5. The Balaban J connectivity index is 2.77. The lowest BCUT2D eigenvalue weighted by Gasteiger charge is -2.13. The van der Waals surface area contributed by atoms with Gasteiger partial charge in [0.1, 0.15) is 0 Å². The summed E-state index contributed by atoms with van der Waals surface area (Å²) < 4.78 is 11.1. The normalized spacial score (nSPS) is 10.6. The molecule has 0 heterocycles. The lowest BCUT2D eigenvalue weighted by atomic mass is 10.2. The van der Waals surface area contributed by atoms with Crippen LogP contribution in [0.15, 0.2) is 18.2 Å². The molecule has 0 aliphatic rings. The van der Waals surface area contributed by atoms with E-state index in [2.05, 4.69) is 25.2 Å². The maximum atomic E-state index is 5.58.